The van der Waals surface area contributed by atoms with E-state index in [1.807, 2.05) is 0 Å². The van der Waals surface area contributed by atoms with Gasteiger partial charge < -0.3 is 18.9 Å². The van der Waals surface area contributed by atoms with Crippen LogP contribution in [0.25, 0.3) is 0 Å². The number of carbonyl (C=O) groups excluding carboxylic acids is 1. The summed E-state index contributed by atoms with van der Waals surface area (Å²) in [6.07, 6.45) is 1.14. The maximum atomic E-state index is 11.8. The van der Waals surface area contributed by atoms with E-state index in [4.69, 9.17) is 18.9 Å². The number of benzene rings is 1. The summed E-state index contributed by atoms with van der Waals surface area (Å²) in [6.45, 7) is 2.52. The Hall–Kier alpha value is -2.72. The van der Waals surface area contributed by atoms with Gasteiger partial charge in [0.1, 0.15) is 0 Å². The van der Waals surface area contributed by atoms with E-state index in [1.54, 1.807) is 6.92 Å². The SMILES string of the molecule is CC1(CC(=O)N/N=C/c2cc3c(cc2[N+](=O)[O-])OCO3)OCCO1. The van der Waals surface area contributed by atoms with Crippen molar-refractivity contribution in [3.8, 4) is 11.5 Å². The number of rotatable bonds is 5. The monoisotopic (exact) mass is 337 g/mol. The minimum Gasteiger partial charge on any atom is -0.454 e. The highest BCUT2D eigenvalue weighted by Gasteiger charge is 2.33. The van der Waals surface area contributed by atoms with E-state index in [9.17, 15) is 14.9 Å². The Kier molecular flexibility index (Phi) is 4.32. The van der Waals surface area contributed by atoms with E-state index in [-0.39, 0.29) is 24.5 Å². The van der Waals surface area contributed by atoms with Gasteiger partial charge in [0.15, 0.2) is 17.3 Å². The van der Waals surface area contributed by atoms with Gasteiger partial charge in [-0.25, -0.2) is 5.43 Å². The third-order valence-corrected chi connectivity index (χ3v) is 3.49. The number of hydrogen-bond acceptors (Lipinski definition) is 8. The van der Waals surface area contributed by atoms with Crippen molar-refractivity contribution >= 4 is 17.8 Å². The van der Waals surface area contributed by atoms with Crippen LogP contribution >= 0.6 is 0 Å². The van der Waals surface area contributed by atoms with Crippen molar-refractivity contribution in [2.75, 3.05) is 20.0 Å². The second-order valence-electron chi connectivity index (χ2n) is 5.32. The Morgan fingerprint density at radius 3 is 2.71 bits per heavy atom. The summed E-state index contributed by atoms with van der Waals surface area (Å²) in [5.41, 5.74) is 2.28. The van der Waals surface area contributed by atoms with Crippen molar-refractivity contribution < 1.29 is 28.7 Å². The fourth-order valence-corrected chi connectivity index (χ4v) is 2.37. The summed E-state index contributed by atoms with van der Waals surface area (Å²) < 4.78 is 20.9. The molecule has 0 aromatic heterocycles. The highest BCUT2D eigenvalue weighted by molar-refractivity contribution is 5.88. The Labute approximate surface area is 136 Å². The first kappa shape index (κ1) is 16.1. The number of hydrazone groups is 1. The molecule has 3 rings (SSSR count). The predicted octanol–water partition coefficient (Wildman–Crippen LogP) is 0.927. The van der Waals surface area contributed by atoms with Gasteiger partial charge in [0.05, 0.1) is 42.4 Å². The van der Waals surface area contributed by atoms with Gasteiger partial charge in [-0.2, -0.15) is 5.10 Å². The lowest BCUT2D eigenvalue weighted by Crippen LogP contribution is -2.33. The van der Waals surface area contributed by atoms with E-state index in [0.717, 1.165) is 0 Å². The van der Waals surface area contributed by atoms with Crippen LogP contribution in [0.1, 0.15) is 18.9 Å². The van der Waals surface area contributed by atoms with Gasteiger partial charge in [-0.05, 0) is 13.0 Å². The zero-order valence-corrected chi connectivity index (χ0v) is 12.8. The van der Waals surface area contributed by atoms with Crippen LogP contribution in [0.15, 0.2) is 17.2 Å². The molecule has 1 N–H and O–H groups in total. The molecular formula is C14H15N3O7. The van der Waals surface area contributed by atoms with Crippen LogP contribution in [0.3, 0.4) is 0 Å². The average molecular weight is 337 g/mol. The number of hydrogen-bond donors (Lipinski definition) is 1. The molecule has 0 bridgehead atoms. The van der Waals surface area contributed by atoms with Crippen LogP contribution in [0.5, 0.6) is 11.5 Å². The van der Waals surface area contributed by atoms with Gasteiger partial charge in [-0.15, -0.1) is 0 Å². The molecule has 1 saturated heterocycles. The van der Waals surface area contributed by atoms with Crippen LogP contribution in [-0.2, 0) is 14.3 Å². The standard InChI is InChI=1S/C14H15N3O7/c1-14(23-2-3-24-14)6-13(18)16-15-7-9-4-11-12(22-8-21-11)5-10(9)17(19)20/h4-5,7H,2-3,6,8H2,1H3,(H,16,18)/b15-7+. The topological polar surface area (TPSA) is 122 Å². The molecule has 10 nitrogen and oxygen atoms in total. The molecule has 1 aromatic rings. The van der Waals surface area contributed by atoms with Crippen molar-refractivity contribution in [1.29, 1.82) is 0 Å². The molecule has 2 aliphatic heterocycles. The minimum atomic E-state index is -0.968. The van der Waals surface area contributed by atoms with Crippen LogP contribution < -0.4 is 14.9 Å². The number of nitrogens with zero attached hydrogens (tertiary/aromatic N) is 2. The molecule has 2 aliphatic rings. The summed E-state index contributed by atoms with van der Waals surface area (Å²) in [7, 11) is 0. The lowest BCUT2D eigenvalue weighted by Gasteiger charge is -2.20. The van der Waals surface area contributed by atoms with E-state index in [0.29, 0.717) is 24.7 Å². The molecule has 10 heteroatoms. The molecule has 0 atom stereocenters. The molecule has 0 aliphatic carbocycles. The largest absolute Gasteiger partial charge is 0.454 e. The predicted molar refractivity (Wildman–Crippen MR) is 79.9 cm³/mol. The smallest absolute Gasteiger partial charge is 0.282 e. The van der Waals surface area contributed by atoms with Crippen LogP contribution in [0.4, 0.5) is 5.69 Å². The van der Waals surface area contributed by atoms with Gasteiger partial charge in [-0.3, -0.25) is 14.9 Å². The van der Waals surface area contributed by atoms with Crippen molar-refractivity contribution in [2.24, 2.45) is 5.10 Å². The first-order chi connectivity index (χ1) is 11.5. The summed E-state index contributed by atoms with van der Waals surface area (Å²) in [4.78, 5) is 22.4. The van der Waals surface area contributed by atoms with Crippen molar-refractivity contribution in [3.63, 3.8) is 0 Å². The first-order valence-corrected chi connectivity index (χ1v) is 7.15. The lowest BCUT2D eigenvalue weighted by atomic mass is 10.1. The zero-order chi connectivity index (χ0) is 17.2. The van der Waals surface area contributed by atoms with Gasteiger partial charge in [-0.1, -0.05) is 0 Å². The highest BCUT2D eigenvalue weighted by Crippen LogP contribution is 2.37. The van der Waals surface area contributed by atoms with Gasteiger partial charge in [0, 0.05) is 0 Å². The minimum absolute atomic E-state index is 0.00238. The fraction of sp³-hybridized carbons (Fsp3) is 0.429. The number of ether oxygens (including phenoxy) is 4. The molecule has 1 fully saturated rings. The second kappa shape index (κ2) is 6.42. The van der Waals surface area contributed by atoms with Crippen LogP contribution in [0, 0.1) is 10.1 Å². The summed E-state index contributed by atoms with van der Waals surface area (Å²) in [6, 6.07) is 2.69. The quantitative estimate of drug-likeness (QED) is 0.482. The first-order valence-electron chi connectivity index (χ1n) is 7.15. The Morgan fingerprint density at radius 2 is 2.04 bits per heavy atom. The molecule has 1 aromatic carbocycles. The molecule has 0 radical (unpaired) electrons. The molecule has 0 unspecified atom stereocenters. The zero-order valence-electron chi connectivity index (χ0n) is 12.8. The third kappa shape index (κ3) is 3.44. The maximum absolute atomic E-state index is 11.8. The maximum Gasteiger partial charge on any atom is 0.282 e. The number of nitro groups is 1. The fourth-order valence-electron chi connectivity index (χ4n) is 2.37. The Bertz CT molecular complexity index is 698. The van der Waals surface area contributed by atoms with E-state index in [2.05, 4.69) is 10.5 Å². The highest BCUT2D eigenvalue weighted by atomic mass is 16.7. The molecule has 2 heterocycles. The Balaban J connectivity index is 1.68. The number of amides is 1. The number of carbonyl (C=O) groups is 1. The van der Waals surface area contributed by atoms with Gasteiger partial charge in [0.2, 0.25) is 12.7 Å². The molecule has 128 valence electrons. The molecular weight excluding hydrogens is 322 g/mol. The van der Waals surface area contributed by atoms with Crippen LogP contribution in [-0.4, -0.2) is 42.8 Å². The average Bonchev–Trinajstić information content (AvgIpc) is 3.14. The summed E-state index contributed by atoms with van der Waals surface area (Å²) in [5.74, 6) is -0.719. The number of fused-ring (bicyclic) bond motifs is 1. The molecule has 0 spiro atoms. The lowest BCUT2D eigenvalue weighted by molar-refractivity contribution is -0.385. The van der Waals surface area contributed by atoms with Crippen molar-refractivity contribution in [2.45, 2.75) is 19.1 Å². The van der Waals surface area contributed by atoms with Gasteiger partial charge in [0.25, 0.3) is 5.69 Å². The third-order valence-electron chi connectivity index (χ3n) is 3.49. The van der Waals surface area contributed by atoms with E-state index < -0.39 is 16.6 Å². The van der Waals surface area contributed by atoms with E-state index in [1.165, 1.54) is 18.3 Å². The van der Waals surface area contributed by atoms with Crippen molar-refractivity contribution in [3.05, 3.63) is 27.8 Å². The van der Waals surface area contributed by atoms with Crippen molar-refractivity contribution in [1.82, 2.24) is 5.43 Å². The second-order valence-corrected chi connectivity index (χ2v) is 5.32. The Morgan fingerprint density at radius 1 is 1.38 bits per heavy atom. The number of nitro benzene ring substituents is 1. The molecule has 24 heavy (non-hydrogen) atoms. The van der Waals surface area contributed by atoms with Gasteiger partial charge >= 0.3 is 0 Å². The number of nitrogens with one attached hydrogen (secondary N) is 1. The van der Waals surface area contributed by atoms with E-state index >= 15 is 0 Å². The molecule has 1 amide bonds. The summed E-state index contributed by atoms with van der Waals surface area (Å²) >= 11 is 0. The summed E-state index contributed by atoms with van der Waals surface area (Å²) in [5, 5.41) is 14.9. The normalized spacial score (nSPS) is 18.0. The van der Waals surface area contributed by atoms with Crippen LogP contribution in [0.2, 0.25) is 0 Å². The molecule has 0 saturated carbocycles.